The molecule has 0 atom stereocenters. The van der Waals surface area contributed by atoms with Crippen LogP contribution in [0.2, 0.25) is 0 Å². The summed E-state index contributed by atoms with van der Waals surface area (Å²) >= 11 is 0. The lowest BCUT2D eigenvalue weighted by molar-refractivity contribution is 0.361. The summed E-state index contributed by atoms with van der Waals surface area (Å²) in [4.78, 5) is 4.20. The molecule has 1 heterocycles. The van der Waals surface area contributed by atoms with Gasteiger partial charge >= 0.3 is 0 Å². The topological polar surface area (TPSA) is 27.1 Å². The third kappa shape index (κ3) is 4.48. The van der Waals surface area contributed by atoms with Crippen molar-refractivity contribution in [3.05, 3.63) is 96.1 Å². The Morgan fingerprint density at radius 1 is 1.04 bits per heavy atom. The van der Waals surface area contributed by atoms with Crippen LogP contribution in [0.1, 0.15) is 25.0 Å². The summed E-state index contributed by atoms with van der Waals surface area (Å²) in [5.41, 5.74) is 4.43. The lowest BCUT2D eigenvalue weighted by Gasteiger charge is -2.14. The van der Waals surface area contributed by atoms with Gasteiger partial charge in [0, 0.05) is 18.0 Å². The quantitative estimate of drug-likeness (QED) is 0.454. The first-order valence-corrected chi connectivity index (χ1v) is 8.34. The van der Waals surface area contributed by atoms with Gasteiger partial charge in [-0.05, 0) is 43.7 Å². The Labute approximate surface area is 148 Å². The van der Waals surface area contributed by atoms with Gasteiger partial charge < -0.3 is 9.30 Å². The van der Waals surface area contributed by atoms with Crippen LogP contribution in [-0.2, 0) is 0 Å². The minimum atomic E-state index is 0.557. The summed E-state index contributed by atoms with van der Waals surface area (Å²) in [5.74, 6) is 0.857. The fourth-order valence-electron chi connectivity index (χ4n) is 2.50. The van der Waals surface area contributed by atoms with Gasteiger partial charge in [0.25, 0.3) is 0 Å². The van der Waals surface area contributed by atoms with Crippen LogP contribution >= 0.6 is 0 Å². The predicted molar refractivity (Wildman–Crippen MR) is 103 cm³/mol. The molecule has 0 N–H and O–H groups in total. The first-order chi connectivity index (χ1) is 12.2. The SMILES string of the molecule is CC(C)=CCOc1ccccc1C(=Cc1ccccc1)n1ccnc1. The Bertz CT molecular complexity index is 858. The Morgan fingerprint density at radius 2 is 1.80 bits per heavy atom. The zero-order valence-electron chi connectivity index (χ0n) is 14.6. The van der Waals surface area contributed by atoms with Crippen LogP contribution in [-0.4, -0.2) is 16.2 Å². The van der Waals surface area contributed by atoms with Gasteiger partial charge in [-0.2, -0.15) is 0 Å². The molecule has 0 saturated heterocycles. The molecule has 0 aliphatic carbocycles. The molecule has 2 aromatic carbocycles. The van der Waals surface area contributed by atoms with Gasteiger partial charge in [0.1, 0.15) is 12.4 Å². The van der Waals surface area contributed by atoms with Crippen LogP contribution in [0.4, 0.5) is 0 Å². The molecule has 0 fully saturated rings. The van der Waals surface area contributed by atoms with Crippen LogP contribution < -0.4 is 4.74 Å². The van der Waals surface area contributed by atoms with Crippen LogP contribution in [0.5, 0.6) is 5.75 Å². The molecule has 3 heteroatoms. The molecule has 3 nitrogen and oxygen atoms in total. The van der Waals surface area contributed by atoms with E-state index in [1.165, 1.54) is 5.57 Å². The summed E-state index contributed by atoms with van der Waals surface area (Å²) in [6.07, 6.45) is 9.76. The van der Waals surface area contributed by atoms with Crippen molar-refractivity contribution in [1.82, 2.24) is 9.55 Å². The van der Waals surface area contributed by atoms with E-state index in [1.54, 1.807) is 6.20 Å². The Hall–Kier alpha value is -3.07. The average Bonchev–Trinajstić information content (AvgIpc) is 3.15. The van der Waals surface area contributed by atoms with Crippen molar-refractivity contribution in [2.45, 2.75) is 13.8 Å². The van der Waals surface area contributed by atoms with Crippen molar-refractivity contribution in [1.29, 1.82) is 0 Å². The number of hydrogen-bond acceptors (Lipinski definition) is 2. The van der Waals surface area contributed by atoms with E-state index >= 15 is 0 Å². The van der Waals surface area contributed by atoms with E-state index in [0.29, 0.717) is 6.61 Å². The predicted octanol–water partition coefficient (Wildman–Crippen LogP) is 5.27. The fourth-order valence-corrected chi connectivity index (χ4v) is 2.50. The maximum atomic E-state index is 6.01. The molecule has 0 radical (unpaired) electrons. The standard InChI is InChI=1S/C22H22N2O/c1-18(2)12-15-25-22-11-7-6-10-20(22)21(24-14-13-23-17-24)16-19-8-4-3-5-9-19/h3-14,16-17H,15H2,1-2H3. The minimum Gasteiger partial charge on any atom is -0.489 e. The summed E-state index contributed by atoms with van der Waals surface area (Å²) in [7, 11) is 0. The number of nitrogens with zero attached hydrogens (tertiary/aromatic N) is 2. The summed E-state index contributed by atoms with van der Waals surface area (Å²) < 4.78 is 8.02. The minimum absolute atomic E-state index is 0.557. The van der Waals surface area contributed by atoms with Crippen LogP contribution in [0, 0.1) is 0 Å². The van der Waals surface area contributed by atoms with Gasteiger partial charge in [0.2, 0.25) is 0 Å². The monoisotopic (exact) mass is 330 g/mol. The maximum Gasteiger partial charge on any atom is 0.129 e. The highest BCUT2D eigenvalue weighted by atomic mass is 16.5. The number of aromatic nitrogens is 2. The van der Waals surface area contributed by atoms with E-state index in [1.807, 2.05) is 53.5 Å². The second kappa shape index (κ2) is 8.15. The maximum absolute atomic E-state index is 6.01. The second-order valence-electron chi connectivity index (χ2n) is 6.00. The van der Waals surface area contributed by atoms with Gasteiger partial charge in [-0.1, -0.05) is 48.0 Å². The Balaban J connectivity index is 2.03. The molecule has 3 aromatic rings. The number of ether oxygens (including phenoxy) is 1. The van der Waals surface area contributed by atoms with Gasteiger partial charge in [0.15, 0.2) is 0 Å². The molecule has 25 heavy (non-hydrogen) atoms. The first-order valence-electron chi connectivity index (χ1n) is 8.34. The molecule has 0 bridgehead atoms. The summed E-state index contributed by atoms with van der Waals surface area (Å²) in [5, 5.41) is 0. The van der Waals surface area contributed by atoms with E-state index in [0.717, 1.165) is 22.6 Å². The first kappa shape index (κ1) is 16.8. The van der Waals surface area contributed by atoms with Crippen molar-refractivity contribution >= 4 is 11.8 Å². The molecular formula is C22H22N2O. The molecule has 0 unspecified atom stereocenters. The Morgan fingerprint density at radius 3 is 2.52 bits per heavy atom. The number of para-hydroxylation sites is 1. The summed E-state index contributed by atoms with van der Waals surface area (Å²) in [6.45, 7) is 4.70. The normalized spacial score (nSPS) is 11.2. The van der Waals surface area contributed by atoms with E-state index in [2.05, 4.69) is 49.2 Å². The average molecular weight is 330 g/mol. The lowest BCUT2D eigenvalue weighted by atomic mass is 10.1. The highest BCUT2D eigenvalue weighted by Crippen LogP contribution is 2.29. The third-order valence-corrected chi connectivity index (χ3v) is 3.78. The number of imidazole rings is 1. The van der Waals surface area contributed by atoms with Crippen LogP contribution in [0.15, 0.2) is 85.0 Å². The molecule has 0 saturated carbocycles. The molecule has 0 aliphatic rings. The highest BCUT2D eigenvalue weighted by Gasteiger charge is 2.10. The van der Waals surface area contributed by atoms with Gasteiger partial charge in [0.05, 0.1) is 12.0 Å². The lowest BCUT2D eigenvalue weighted by Crippen LogP contribution is -2.02. The van der Waals surface area contributed by atoms with Crippen molar-refractivity contribution in [2.24, 2.45) is 0 Å². The third-order valence-electron chi connectivity index (χ3n) is 3.78. The van der Waals surface area contributed by atoms with E-state index in [4.69, 9.17) is 4.74 Å². The molecule has 126 valence electrons. The zero-order chi connectivity index (χ0) is 17.5. The Kier molecular flexibility index (Phi) is 5.47. The molecule has 3 rings (SSSR count). The molecule has 1 aromatic heterocycles. The molecular weight excluding hydrogens is 308 g/mol. The number of rotatable bonds is 6. The van der Waals surface area contributed by atoms with Gasteiger partial charge in [-0.15, -0.1) is 0 Å². The van der Waals surface area contributed by atoms with Crippen LogP contribution in [0.3, 0.4) is 0 Å². The van der Waals surface area contributed by atoms with Crippen molar-refractivity contribution < 1.29 is 4.74 Å². The van der Waals surface area contributed by atoms with Crippen LogP contribution in [0.25, 0.3) is 11.8 Å². The summed E-state index contributed by atoms with van der Waals surface area (Å²) in [6, 6.07) is 18.4. The van der Waals surface area contributed by atoms with Crippen molar-refractivity contribution in [2.75, 3.05) is 6.61 Å². The highest BCUT2D eigenvalue weighted by molar-refractivity contribution is 5.83. The smallest absolute Gasteiger partial charge is 0.129 e. The van der Waals surface area contributed by atoms with E-state index in [9.17, 15) is 0 Å². The van der Waals surface area contributed by atoms with Crippen molar-refractivity contribution in [3.8, 4) is 5.75 Å². The number of hydrogen-bond donors (Lipinski definition) is 0. The second-order valence-corrected chi connectivity index (χ2v) is 6.00. The largest absolute Gasteiger partial charge is 0.489 e. The van der Waals surface area contributed by atoms with E-state index in [-0.39, 0.29) is 0 Å². The number of benzene rings is 2. The molecule has 0 aliphatic heterocycles. The van der Waals surface area contributed by atoms with Gasteiger partial charge in [-0.3, -0.25) is 0 Å². The number of allylic oxidation sites excluding steroid dienone is 1. The van der Waals surface area contributed by atoms with Crippen molar-refractivity contribution in [3.63, 3.8) is 0 Å². The molecule has 0 amide bonds. The zero-order valence-corrected chi connectivity index (χ0v) is 14.6. The van der Waals surface area contributed by atoms with Gasteiger partial charge in [-0.25, -0.2) is 4.98 Å². The molecule has 0 spiro atoms. The van der Waals surface area contributed by atoms with E-state index < -0.39 is 0 Å². The fraction of sp³-hybridized carbons (Fsp3) is 0.136.